The highest BCUT2D eigenvalue weighted by Gasteiger charge is 2.13. The molecule has 0 fully saturated rings. The SMILES string of the molecule is CCCCCCCCCCCCCC(CCC(C)C)COC(=O)C(C)=N. The van der Waals surface area contributed by atoms with Crippen LogP contribution in [0, 0.1) is 17.2 Å². The largest absolute Gasteiger partial charge is 0.461 e. The standard InChI is InChI=1S/C23H45NO2/c1-5-6-7-8-9-10-11-12-13-14-15-16-22(18-17-20(2)3)19-26-23(25)21(4)24/h20,22,24H,5-19H2,1-4H3. The minimum atomic E-state index is -0.460. The van der Waals surface area contributed by atoms with Gasteiger partial charge in [-0.25, -0.2) is 4.79 Å². The third-order valence-corrected chi connectivity index (χ3v) is 5.12. The summed E-state index contributed by atoms with van der Waals surface area (Å²) in [4.78, 5) is 11.5. The molecule has 0 aliphatic carbocycles. The highest BCUT2D eigenvalue weighted by molar-refractivity contribution is 6.33. The lowest BCUT2D eigenvalue weighted by Gasteiger charge is -2.18. The lowest BCUT2D eigenvalue weighted by Crippen LogP contribution is -2.19. The first-order valence-corrected chi connectivity index (χ1v) is 11.2. The average Bonchev–Trinajstić information content (AvgIpc) is 2.60. The molecule has 3 heteroatoms. The van der Waals surface area contributed by atoms with E-state index < -0.39 is 5.97 Å². The molecule has 0 bridgehead atoms. The smallest absolute Gasteiger partial charge is 0.351 e. The van der Waals surface area contributed by atoms with Gasteiger partial charge in [0.2, 0.25) is 0 Å². The van der Waals surface area contributed by atoms with Crippen LogP contribution < -0.4 is 0 Å². The van der Waals surface area contributed by atoms with Crippen molar-refractivity contribution < 1.29 is 9.53 Å². The fourth-order valence-electron chi connectivity index (χ4n) is 3.28. The number of hydrogen-bond acceptors (Lipinski definition) is 3. The fourth-order valence-corrected chi connectivity index (χ4v) is 3.28. The van der Waals surface area contributed by atoms with E-state index in [9.17, 15) is 4.79 Å². The Hall–Kier alpha value is -0.860. The molecule has 0 spiro atoms. The number of hydrogen-bond donors (Lipinski definition) is 1. The molecule has 0 saturated heterocycles. The quantitative estimate of drug-likeness (QED) is 0.157. The minimum absolute atomic E-state index is 0.00213. The summed E-state index contributed by atoms with van der Waals surface area (Å²) in [5.41, 5.74) is 0.00213. The Balaban J connectivity index is 3.74. The summed E-state index contributed by atoms with van der Waals surface area (Å²) in [5, 5.41) is 7.34. The van der Waals surface area contributed by atoms with Crippen molar-refractivity contribution in [3.8, 4) is 0 Å². The maximum absolute atomic E-state index is 11.5. The van der Waals surface area contributed by atoms with Crippen LogP contribution >= 0.6 is 0 Å². The lowest BCUT2D eigenvalue weighted by molar-refractivity contribution is -0.137. The molecule has 1 atom stereocenters. The zero-order valence-electron chi connectivity index (χ0n) is 18.1. The van der Waals surface area contributed by atoms with Gasteiger partial charge in [-0.3, -0.25) is 5.41 Å². The van der Waals surface area contributed by atoms with Gasteiger partial charge in [0.15, 0.2) is 0 Å². The summed E-state index contributed by atoms with van der Waals surface area (Å²) in [6.07, 6.45) is 18.5. The minimum Gasteiger partial charge on any atom is -0.461 e. The van der Waals surface area contributed by atoms with Gasteiger partial charge >= 0.3 is 5.97 Å². The second-order valence-electron chi connectivity index (χ2n) is 8.38. The van der Waals surface area contributed by atoms with E-state index >= 15 is 0 Å². The summed E-state index contributed by atoms with van der Waals surface area (Å²) < 4.78 is 5.28. The normalized spacial score (nSPS) is 12.3. The predicted molar refractivity (Wildman–Crippen MR) is 113 cm³/mol. The molecule has 0 heterocycles. The molecular formula is C23H45NO2. The highest BCUT2D eigenvalue weighted by Crippen LogP contribution is 2.20. The third kappa shape index (κ3) is 16.6. The van der Waals surface area contributed by atoms with Crippen LogP contribution in [0.1, 0.15) is 118 Å². The van der Waals surface area contributed by atoms with Crippen molar-refractivity contribution >= 4 is 11.7 Å². The van der Waals surface area contributed by atoms with Gasteiger partial charge in [-0.15, -0.1) is 0 Å². The molecule has 154 valence electrons. The Kier molecular flexibility index (Phi) is 17.0. The molecule has 0 radical (unpaired) electrons. The highest BCUT2D eigenvalue weighted by atomic mass is 16.5. The third-order valence-electron chi connectivity index (χ3n) is 5.12. The first-order chi connectivity index (χ1) is 12.5. The maximum Gasteiger partial charge on any atom is 0.351 e. The van der Waals surface area contributed by atoms with E-state index in [0.29, 0.717) is 18.4 Å². The summed E-state index contributed by atoms with van der Waals surface area (Å²) in [5.74, 6) is 0.688. The molecule has 0 rings (SSSR count). The van der Waals surface area contributed by atoms with Crippen LogP contribution in [0.3, 0.4) is 0 Å². The number of ether oxygens (including phenoxy) is 1. The van der Waals surface area contributed by atoms with Crippen LogP contribution in [0.15, 0.2) is 0 Å². The van der Waals surface area contributed by atoms with Crippen molar-refractivity contribution in [1.29, 1.82) is 5.41 Å². The van der Waals surface area contributed by atoms with Gasteiger partial charge in [-0.05, 0) is 31.6 Å². The van der Waals surface area contributed by atoms with Crippen molar-refractivity contribution in [2.75, 3.05) is 6.61 Å². The van der Waals surface area contributed by atoms with E-state index in [0.717, 1.165) is 12.8 Å². The number of nitrogens with one attached hydrogen (secondary N) is 1. The van der Waals surface area contributed by atoms with Crippen molar-refractivity contribution in [2.45, 2.75) is 118 Å². The van der Waals surface area contributed by atoms with E-state index in [4.69, 9.17) is 10.1 Å². The summed E-state index contributed by atoms with van der Waals surface area (Å²) in [7, 11) is 0. The van der Waals surface area contributed by atoms with Crippen molar-refractivity contribution in [3.05, 3.63) is 0 Å². The van der Waals surface area contributed by atoms with Gasteiger partial charge in [-0.1, -0.05) is 97.8 Å². The molecule has 0 aliphatic heterocycles. The van der Waals surface area contributed by atoms with Gasteiger partial charge in [0, 0.05) is 0 Å². The summed E-state index contributed by atoms with van der Waals surface area (Å²) >= 11 is 0. The Labute approximate surface area is 163 Å². The van der Waals surface area contributed by atoms with Crippen LogP contribution in [0.2, 0.25) is 0 Å². The summed E-state index contributed by atoms with van der Waals surface area (Å²) in [6, 6.07) is 0. The molecule has 0 amide bonds. The topological polar surface area (TPSA) is 50.2 Å². The van der Waals surface area contributed by atoms with Gasteiger partial charge in [0.25, 0.3) is 0 Å². The predicted octanol–water partition coefficient (Wildman–Crippen LogP) is 7.32. The van der Waals surface area contributed by atoms with E-state index in [1.54, 1.807) is 0 Å². The molecule has 1 unspecified atom stereocenters. The average molecular weight is 368 g/mol. The second-order valence-corrected chi connectivity index (χ2v) is 8.38. The number of rotatable bonds is 18. The fraction of sp³-hybridized carbons (Fsp3) is 0.913. The second kappa shape index (κ2) is 17.5. The molecule has 0 aromatic carbocycles. The first kappa shape index (κ1) is 25.1. The van der Waals surface area contributed by atoms with Crippen molar-refractivity contribution in [1.82, 2.24) is 0 Å². The van der Waals surface area contributed by atoms with Crippen molar-refractivity contribution in [2.24, 2.45) is 11.8 Å². The van der Waals surface area contributed by atoms with Crippen LogP contribution in [0.4, 0.5) is 0 Å². The monoisotopic (exact) mass is 367 g/mol. The Morgan fingerprint density at radius 3 is 1.77 bits per heavy atom. The molecule has 0 aliphatic rings. The zero-order valence-corrected chi connectivity index (χ0v) is 18.1. The zero-order chi connectivity index (χ0) is 19.6. The van der Waals surface area contributed by atoms with E-state index in [2.05, 4.69) is 20.8 Å². The first-order valence-electron chi connectivity index (χ1n) is 11.2. The Morgan fingerprint density at radius 2 is 1.31 bits per heavy atom. The van der Waals surface area contributed by atoms with E-state index in [1.807, 2.05) is 0 Å². The molecule has 0 saturated carbocycles. The number of carbonyl (C=O) groups excluding carboxylic acids is 1. The number of esters is 1. The molecule has 0 aromatic heterocycles. The van der Waals surface area contributed by atoms with Crippen LogP contribution in [0.25, 0.3) is 0 Å². The van der Waals surface area contributed by atoms with Gasteiger partial charge in [0.1, 0.15) is 5.71 Å². The van der Waals surface area contributed by atoms with E-state index in [1.165, 1.54) is 84.0 Å². The van der Waals surface area contributed by atoms with Crippen LogP contribution in [0.5, 0.6) is 0 Å². The molecule has 0 aromatic rings. The van der Waals surface area contributed by atoms with Gasteiger partial charge < -0.3 is 4.74 Å². The number of unbranched alkanes of at least 4 members (excludes halogenated alkanes) is 10. The lowest BCUT2D eigenvalue weighted by atomic mass is 9.93. The molecular weight excluding hydrogens is 322 g/mol. The molecule has 3 nitrogen and oxygen atoms in total. The molecule has 1 N–H and O–H groups in total. The Morgan fingerprint density at radius 1 is 0.808 bits per heavy atom. The number of carbonyl (C=O) groups is 1. The van der Waals surface area contributed by atoms with Gasteiger partial charge in [0.05, 0.1) is 6.61 Å². The Bertz CT molecular complexity index is 352. The van der Waals surface area contributed by atoms with Crippen LogP contribution in [-0.2, 0) is 9.53 Å². The van der Waals surface area contributed by atoms with Crippen LogP contribution in [-0.4, -0.2) is 18.3 Å². The van der Waals surface area contributed by atoms with Crippen molar-refractivity contribution in [3.63, 3.8) is 0 Å². The maximum atomic E-state index is 11.5. The molecule has 26 heavy (non-hydrogen) atoms. The van der Waals surface area contributed by atoms with E-state index in [-0.39, 0.29) is 5.71 Å². The summed E-state index contributed by atoms with van der Waals surface area (Å²) in [6.45, 7) is 8.74. The van der Waals surface area contributed by atoms with Gasteiger partial charge in [-0.2, -0.15) is 0 Å².